The third-order valence-electron chi connectivity index (χ3n) is 1.68. The standard InChI is InChI=1S/C7H15NO2/c1-9-6-10-5-7-3-2-4-8-7/h7-8H,2-6H2,1H3/t7-/m0/s1. The summed E-state index contributed by atoms with van der Waals surface area (Å²) < 4.78 is 9.93. The number of hydrogen-bond acceptors (Lipinski definition) is 3. The Balaban J connectivity index is 1.91. The smallest absolute Gasteiger partial charge is 0.146 e. The Morgan fingerprint density at radius 1 is 1.60 bits per heavy atom. The van der Waals surface area contributed by atoms with Crippen molar-refractivity contribution in [3.05, 3.63) is 0 Å². The van der Waals surface area contributed by atoms with E-state index in [-0.39, 0.29) is 0 Å². The summed E-state index contributed by atoms with van der Waals surface area (Å²) in [6, 6.07) is 0.565. The Morgan fingerprint density at radius 2 is 2.50 bits per heavy atom. The highest BCUT2D eigenvalue weighted by molar-refractivity contribution is 4.72. The van der Waals surface area contributed by atoms with Gasteiger partial charge >= 0.3 is 0 Å². The summed E-state index contributed by atoms with van der Waals surface area (Å²) in [7, 11) is 1.64. The average molecular weight is 145 g/mol. The summed E-state index contributed by atoms with van der Waals surface area (Å²) in [6.45, 7) is 2.34. The molecule has 0 aromatic carbocycles. The largest absolute Gasteiger partial charge is 0.359 e. The van der Waals surface area contributed by atoms with Crippen LogP contribution >= 0.6 is 0 Å². The summed E-state index contributed by atoms with van der Waals surface area (Å²) in [6.07, 6.45) is 2.52. The van der Waals surface area contributed by atoms with Crippen LogP contribution < -0.4 is 5.32 Å². The molecule has 1 aliphatic rings. The van der Waals surface area contributed by atoms with E-state index in [1.807, 2.05) is 0 Å². The maximum atomic E-state index is 5.18. The number of nitrogens with one attached hydrogen (secondary N) is 1. The summed E-state index contributed by atoms with van der Waals surface area (Å²) in [5.74, 6) is 0. The van der Waals surface area contributed by atoms with Gasteiger partial charge in [0.25, 0.3) is 0 Å². The Labute approximate surface area is 61.7 Å². The molecule has 0 aromatic rings. The van der Waals surface area contributed by atoms with Gasteiger partial charge in [-0.25, -0.2) is 0 Å². The molecule has 1 saturated heterocycles. The van der Waals surface area contributed by atoms with Gasteiger partial charge in [0.05, 0.1) is 6.61 Å². The molecule has 0 aliphatic carbocycles. The molecule has 10 heavy (non-hydrogen) atoms. The molecule has 1 fully saturated rings. The first kappa shape index (κ1) is 7.98. The van der Waals surface area contributed by atoms with Crippen LogP contribution in [0.2, 0.25) is 0 Å². The lowest BCUT2D eigenvalue weighted by Crippen LogP contribution is -2.27. The lowest BCUT2D eigenvalue weighted by molar-refractivity contribution is -0.0364. The highest BCUT2D eigenvalue weighted by Crippen LogP contribution is 2.04. The van der Waals surface area contributed by atoms with Crippen LogP contribution in [0.25, 0.3) is 0 Å². The fourth-order valence-electron chi connectivity index (χ4n) is 1.17. The first-order valence-corrected chi connectivity index (χ1v) is 3.73. The van der Waals surface area contributed by atoms with Crippen LogP contribution in [0, 0.1) is 0 Å². The maximum absolute atomic E-state index is 5.18. The number of hydrogen-bond donors (Lipinski definition) is 1. The van der Waals surface area contributed by atoms with Crippen molar-refractivity contribution in [2.75, 3.05) is 27.1 Å². The number of methoxy groups -OCH3 is 1. The molecule has 0 bridgehead atoms. The molecule has 0 saturated carbocycles. The lowest BCUT2D eigenvalue weighted by Gasteiger charge is -2.09. The summed E-state index contributed by atoms with van der Waals surface area (Å²) in [4.78, 5) is 0. The topological polar surface area (TPSA) is 30.5 Å². The van der Waals surface area contributed by atoms with Gasteiger partial charge in [-0.2, -0.15) is 0 Å². The van der Waals surface area contributed by atoms with E-state index in [1.165, 1.54) is 12.8 Å². The van der Waals surface area contributed by atoms with Crippen molar-refractivity contribution in [2.45, 2.75) is 18.9 Å². The maximum Gasteiger partial charge on any atom is 0.146 e. The molecule has 1 aliphatic heterocycles. The van der Waals surface area contributed by atoms with E-state index in [1.54, 1.807) is 7.11 Å². The van der Waals surface area contributed by atoms with Gasteiger partial charge in [0.1, 0.15) is 6.79 Å². The molecular weight excluding hydrogens is 130 g/mol. The van der Waals surface area contributed by atoms with Crippen molar-refractivity contribution >= 4 is 0 Å². The van der Waals surface area contributed by atoms with Crippen LogP contribution in [0.5, 0.6) is 0 Å². The summed E-state index contributed by atoms with van der Waals surface area (Å²) in [5.41, 5.74) is 0. The fraction of sp³-hybridized carbons (Fsp3) is 1.00. The molecule has 0 radical (unpaired) electrons. The second kappa shape index (κ2) is 4.66. The zero-order valence-electron chi connectivity index (χ0n) is 6.43. The second-order valence-corrected chi connectivity index (χ2v) is 2.57. The van der Waals surface area contributed by atoms with Crippen molar-refractivity contribution in [1.29, 1.82) is 0 Å². The SMILES string of the molecule is COCOC[C@@H]1CCCN1. The van der Waals surface area contributed by atoms with Crippen molar-refractivity contribution in [2.24, 2.45) is 0 Å². The molecule has 3 nitrogen and oxygen atoms in total. The molecule has 0 spiro atoms. The quantitative estimate of drug-likeness (QED) is 0.457. The summed E-state index contributed by atoms with van der Waals surface area (Å²) >= 11 is 0. The first-order valence-electron chi connectivity index (χ1n) is 3.73. The highest BCUT2D eigenvalue weighted by atomic mass is 16.7. The van der Waals surface area contributed by atoms with Gasteiger partial charge in [-0.05, 0) is 19.4 Å². The van der Waals surface area contributed by atoms with E-state index in [0.29, 0.717) is 12.8 Å². The molecule has 1 atom stereocenters. The van der Waals surface area contributed by atoms with Gasteiger partial charge in [0.2, 0.25) is 0 Å². The predicted molar refractivity (Wildman–Crippen MR) is 38.9 cm³/mol. The van der Waals surface area contributed by atoms with E-state index < -0.39 is 0 Å². The van der Waals surface area contributed by atoms with Crippen LogP contribution in [0.3, 0.4) is 0 Å². The van der Waals surface area contributed by atoms with E-state index in [0.717, 1.165) is 13.2 Å². The molecule has 60 valence electrons. The number of ether oxygens (including phenoxy) is 2. The Bertz CT molecular complexity index is 81.7. The molecule has 1 rings (SSSR count). The molecule has 1 heterocycles. The van der Waals surface area contributed by atoms with Crippen LogP contribution in [-0.4, -0.2) is 33.1 Å². The van der Waals surface area contributed by atoms with Crippen LogP contribution in [0.15, 0.2) is 0 Å². The average Bonchev–Trinajstić information content (AvgIpc) is 2.41. The zero-order chi connectivity index (χ0) is 7.23. The Kier molecular flexibility index (Phi) is 3.72. The van der Waals surface area contributed by atoms with Gasteiger partial charge in [-0.15, -0.1) is 0 Å². The Morgan fingerprint density at radius 3 is 3.10 bits per heavy atom. The normalized spacial score (nSPS) is 25.5. The molecular formula is C7H15NO2. The minimum atomic E-state index is 0.415. The Hall–Kier alpha value is -0.120. The van der Waals surface area contributed by atoms with Crippen molar-refractivity contribution in [3.63, 3.8) is 0 Å². The van der Waals surface area contributed by atoms with E-state index in [9.17, 15) is 0 Å². The molecule has 0 aromatic heterocycles. The van der Waals surface area contributed by atoms with Crippen molar-refractivity contribution < 1.29 is 9.47 Å². The third kappa shape index (κ3) is 2.64. The van der Waals surface area contributed by atoms with Gasteiger partial charge in [-0.1, -0.05) is 0 Å². The van der Waals surface area contributed by atoms with Gasteiger partial charge in [0.15, 0.2) is 0 Å². The monoisotopic (exact) mass is 145 g/mol. The molecule has 3 heteroatoms. The number of rotatable bonds is 4. The lowest BCUT2D eigenvalue weighted by atomic mass is 10.2. The minimum Gasteiger partial charge on any atom is -0.359 e. The highest BCUT2D eigenvalue weighted by Gasteiger charge is 2.12. The van der Waals surface area contributed by atoms with E-state index >= 15 is 0 Å². The third-order valence-corrected chi connectivity index (χ3v) is 1.68. The van der Waals surface area contributed by atoms with Crippen LogP contribution in [-0.2, 0) is 9.47 Å². The van der Waals surface area contributed by atoms with Crippen LogP contribution in [0.1, 0.15) is 12.8 Å². The molecule has 0 amide bonds. The predicted octanol–water partition coefficient (Wildman–Crippen LogP) is 0.359. The minimum absolute atomic E-state index is 0.415. The van der Waals surface area contributed by atoms with Gasteiger partial charge in [0, 0.05) is 13.2 Å². The van der Waals surface area contributed by atoms with Crippen molar-refractivity contribution in [3.8, 4) is 0 Å². The molecule has 1 N–H and O–H groups in total. The molecule has 0 unspecified atom stereocenters. The van der Waals surface area contributed by atoms with E-state index in [4.69, 9.17) is 9.47 Å². The second-order valence-electron chi connectivity index (χ2n) is 2.57. The van der Waals surface area contributed by atoms with Gasteiger partial charge in [-0.3, -0.25) is 0 Å². The summed E-state index contributed by atoms with van der Waals surface area (Å²) in [5, 5.41) is 3.33. The fourth-order valence-corrected chi connectivity index (χ4v) is 1.17. The van der Waals surface area contributed by atoms with Crippen molar-refractivity contribution in [1.82, 2.24) is 5.32 Å². The zero-order valence-corrected chi connectivity index (χ0v) is 6.43. The van der Waals surface area contributed by atoms with Gasteiger partial charge < -0.3 is 14.8 Å². The van der Waals surface area contributed by atoms with Crippen LogP contribution in [0.4, 0.5) is 0 Å². The van der Waals surface area contributed by atoms with E-state index in [2.05, 4.69) is 5.32 Å². The first-order chi connectivity index (χ1) is 4.93.